The number of aliphatic hydroxyl groups excluding tert-OH is 6. The first-order valence-corrected chi connectivity index (χ1v) is 13.0. The Labute approximate surface area is 233 Å². The molecule has 5 rings (SSSR count). The number of Topliss-reactive ketones (excluding diaryl/α,β-unsaturated/α-hetero) is 1. The number of aliphatic hydroxyl groups is 6. The largest absolute Gasteiger partial charge is 0.508 e. The van der Waals surface area contributed by atoms with Crippen molar-refractivity contribution in [2.45, 2.75) is 80.7 Å². The second-order valence-corrected chi connectivity index (χ2v) is 10.4. The zero-order valence-corrected chi connectivity index (χ0v) is 21.7. The minimum absolute atomic E-state index is 0.0236. The Hall–Kier alpha value is -3.05. The van der Waals surface area contributed by atoms with Gasteiger partial charge >= 0.3 is 0 Å². The molecule has 0 spiro atoms. The first-order chi connectivity index (χ1) is 19.4. The summed E-state index contributed by atoms with van der Waals surface area (Å²) < 4.78 is 23.2. The van der Waals surface area contributed by atoms with E-state index in [0.717, 1.165) is 6.07 Å². The van der Waals surface area contributed by atoms with Crippen molar-refractivity contribution in [3.63, 3.8) is 0 Å². The average Bonchev–Trinajstić information content (AvgIpc) is 2.93. The number of hydrogen-bond donors (Lipinski definition) is 9. The molecule has 2 aromatic rings. The van der Waals surface area contributed by atoms with E-state index in [2.05, 4.69) is 0 Å². The lowest BCUT2D eigenvalue weighted by molar-refractivity contribution is -0.338. The molecule has 11 atom stereocenters. The lowest BCUT2D eigenvalue weighted by Crippen LogP contribution is -2.61. The number of aromatic hydroxyl groups is 3. The van der Waals surface area contributed by atoms with E-state index in [1.54, 1.807) is 0 Å². The van der Waals surface area contributed by atoms with Crippen molar-refractivity contribution in [3.8, 4) is 23.0 Å². The van der Waals surface area contributed by atoms with Crippen LogP contribution in [0.2, 0.25) is 0 Å². The molecular weight excluding hydrogens is 548 g/mol. The molecule has 0 amide bonds. The smallest absolute Gasteiger partial charge is 0.187 e. The Morgan fingerprint density at radius 2 is 1.56 bits per heavy atom. The van der Waals surface area contributed by atoms with Crippen LogP contribution in [0, 0.1) is 0 Å². The van der Waals surface area contributed by atoms with Gasteiger partial charge in [-0.1, -0.05) is 12.1 Å². The van der Waals surface area contributed by atoms with E-state index in [9.17, 15) is 50.8 Å². The standard InChI is InChI=1S/C27H32O14/c1-9-19(33)21(35)23(37)27(38-9)41-26-22(36)20(34)16(8-28)40-25(26)18-13(31)6-12(30)17-14(32)7-15(39-24(17)18)10-2-4-11(29)5-3-10/h2-6,9,15-16,19-23,25-31,33-37H,7-8H2,1H3/t9-,15?,16+,19-,20+,21+,22-,23+,25-,26+,27-/m0/s1. The van der Waals surface area contributed by atoms with E-state index in [1.165, 1.54) is 31.2 Å². The van der Waals surface area contributed by atoms with E-state index >= 15 is 0 Å². The Bertz CT molecular complexity index is 1270. The summed E-state index contributed by atoms with van der Waals surface area (Å²) >= 11 is 0. The summed E-state index contributed by atoms with van der Waals surface area (Å²) in [5.41, 5.74) is -0.0858. The first-order valence-electron chi connectivity index (χ1n) is 13.0. The molecule has 0 aliphatic carbocycles. The highest BCUT2D eigenvalue weighted by atomic mass is 16.7. The van der Waals surface area contributed by atoms with Crippen LogP contribution >= 0.6 is 0 Å². The fourth-order valence-corrected chi connectivity index (χ4v) is 5.40. The third kappa shape index (κ3) is 5.22. The molecule has 3 aliphatic heterocycles. The quantitative estimate of drug-likeness (QED) is 0.204. The second-order valence-electron chi connectivity index (χ2n) is 10.4. The normalized spacial score (nSPS) is 37.3. The van der Waals surface area contributed by atoms with E-state index in [4.69, 9.17) is 18.9 Å². The minimum atomic E-state index is -1.84. The van der Waals surface area contributed by atoms with Gasteiger partial charge in [0.1, 0.15) is 83.5 Å². The van der Waals surface area contributed by atoms with E-state index in [-0.39, 0.29) is 29.0 Å². The average molecular weight is 581 g/mol. The maximum atomic E-state index is 13.2. The van der Waals surface area contributed by atoms with Crippen LogP contribution in [0.15, 0.2) is 30.3 Å². The summed E-state index contributed by atoms with van der Waals surface area (Å²) in [6.45, 7) is 0.631. The molecule has 1 unspecified atom stereocenters. The topological polar surface area (TPSA) is 236 Å². The molecule has 0 saturated carbocycles. The van der Waals surface area contributed by atoms with E-state index < -0.39 is 91.2 Å². The zero-order chi connectivity index (χ0) is 29.7. The van der Waals surface area contributed by atoms with Crippen molar-refractivity contribution < 1.29 is 69.7 Å². The van der Waals surface area contributed by atoms with Crippen molar-refractivity contribution in [1.82, 2.24) is 0 Å². The van der Waals surface area contributed by atoms with Crippen LogP contribution in [-0.4, -0.2) is 113 Å². The molecular formula is C27H32O14. The number of phenols is 3. The number of hydrogen-bond acceptors (Lipinski definition) is 14. The predicted molar refractivity (Wildman–Crippen MR) is 134 cm³/mol. The molecule has 2 saturated heterocycles. The second kappa shape index (κ2) is 11.3. The zero-order valence-electron chi connectivity index (χ0n) is 21.7. The number of ether oxygens (including phenoxy) is 4. The minimum Gasteiger partial charge on any atom is -0.508 e. The van der Waals surface area contributed by atoms with Gasteiger partial charge < -0.3 is 64.9 Å². The fraction of sp³-hybridized carbons (Fsp3) is 0.519. The highest BCUT2D eigenvalue weighted by molar-refractivity contribution is 6.03. The van der Waals surface area contributed by atoms with Crippen LogP contribution in [0.1, 0.15) is 47.0 Å². The van der Waals surface area contributed by atoms with Crippen molar-refractivity contribution in [1.29, 1.82) is 0 Å². The van der Waals surface area contributed by atoms with Crippen molar-refractivity contribution in [2.24, 2.45) is 0 Å². The van der Waals surface area contributed by atoms with Gasteiger partial charge in [-0.15, -0.1) is 0 Å². The van der Waals surface area contributed by atoms with Gasteiger partial charge in [-0.05, 0) is 24.6 Å². The van der Waals surface area contributed by atoms with Crippen LogP contribution in [0.25, 0.3) is 0 Å². The molecule has 0 bridgehead atoms. The summed E-state index contributed by atoms with van der Waals surface area (Å²) in [7, 11) is 0. The van der Waals surface area contributed by atoms with E-state index in [1.807, 2.05) is 0 Å². The van der Waals surface area contributed by atoms with Crippen molar-refractivity contribution >= 4 is 5.78 Å². The molecule has 3 heterocycles. The Balaban J connectivity index is 1.58. The molecule has 9 N–H and O–H groups in total. The molecule has 224 valence electrons. The fourth-order valence-electron chi connectivity index (χ4n) is 5.40. The number of ketones is 1. The van der Waals surface area contributed by atoms with E-state index in [0.29, 0.717) is 5.56 Å². The summed E-state index contributed by atoms with van der Waals surface area (Å²) in [5, 5.41) is 93.5. The summed E-state index contributed by atoms with van der Waals surface area (Å²) in [6.07, 6.45) is -17.0. The van der Waals surface area contributed by atoms with Crippen LogP contribution in [0.4, 0.5) is 0 Å². The summed E-state index contributed by atoms with van der Waals surface area (Å²) in [5.74, 6) is -2.14. The third-order valence-electron chi connectivity index (χ3n) is 7.70. The van der Waals surface area contributed by atoms with Gasteiger partial charge in [0.15, 0.2) is 12.1 Å². The Morgan fingerprint density at radius 3 is 2.22 bits per heavy atom. The molecule has 3 aliphatic rings. The van der Waals surface area contributed by atoms with Crippen LogP contribution in [-0.2, 0) is 14.2 Å². The number of benzene rings is 2. The third-order valence-corrected chi connectivity index (χ3v) is 7.70. The lowest BCUT2D eigenvalue weighted by Gasteiger charge is -2.46. The highest BCUT2D eigenvalue weighted by Gasteiger charge is 2.52. The summed E-state index contributed by atoms with van der Waals surface area (Å²) in [6, 6.07) is 6.69. The Kier molecular flexibility index (Phi) is 8.13. The van der Waals surface area contributed by atoms with Crippen LogP contribution < -0.4 is 4.74 Å². The first kappa shape index (κ1) is 29.4. The number of carbonyl (C=O) groups is 1. The Morgan fingerprint density at radius 1 is 0.878 bits per heavy atom. The van der Waals surface area contributed by atoms with Crippen LogP contribution in [0.3, 0.4) is 0 Å². The van der Waals surface area contributed by atoms with Gasteiger partial charge in [-0.25, -0.2) is 0 Å². The molecule has 14 heteroatoms. The van der Waals surface area contributed by atoms with Crippen molar-refractivity contribution in [3.05, 3.63) is 47.0 Å². The van der Waals surface area contributed by atoms with Gasteiger partial charge in [0.05, 0.1) is 24.7 Å². The van der Waals surface area contributed by atoms with Gasteiger partial charge in [0.25, 0.3) is 0 Å². The number of fused-ring (bicyclic) bond motifs is 1. The number of carbonyl (C=O) groups excluding carboxylic acids is 1. The number of phenolic OH excluding ortho intramolecular Hbond substituents is 3. The van der Waals surface area contributed by atoms with Gasteiger partial charge in [-0.2, -0.15) is 0 Å². The molecule has 41 heavy (non-hydrogen) atoms. The molecule has 0 aromatic heterocycles. The molecule has 14 nitrogen and oxygen atoms in total. The molecule has 2 aromatic carbocycles. The predicted octanol–water partition coefficient (Wildman–Crippen LogP) is -1.12. The molecule has 0 radical (unpaired) electrons. The summed E-state index contributed by atoms with van der Waals surface area (Å²) in [4.78, 5) is 13.2. The molecule has 2 fully saturated rings. The maximum absolute atomic E-state index is 13.2. The lowest BCUT2D eigenvalue weighted by atomic mass is 9.86. The van der Waals surface area contributed by atoms with Gasteiger partial charge in [0, 0.05) is 6.07 Å². The SMILES string of the molecule is C[C@@H]1O[C@@H](O[C@@H]2[C@@H](O)[C@H](O)[C@@H](CO)O[C@H]2c2c(O)cc(O)c3c2OC(c2ccc(O)cc2)CC3=O)[C@H](O)[C@H](O)[C@H]1O. The van der Waals surface area contributed by atoms with Crippen molar-refractivity contribution in [2.75, 3.05) is 6.61 Å². The van der Waals surface area contributed by atoms with Gasteiger partial charge in [0.2, 0.25) is 0 Å². The van der Waals surface area contributed by atoms with Gasteiger partial charge in [-0.3, -0.25) is 4.79 Å². The highest BCUT2D eigenvalue weighted by Crippen LogP contribution is 2.51. The monoisotopic (exact) mass is 580 g/mol. The van der Waals surface area contributed by atoms with Crippen LogP contribution in [0.5, 0.6) is 23.0 Å². The number of rotatable bonds is 5. The maximum Gasteiger partial charge on any atom is 0.187 e.